The third kappa shape index (κ3) is 3.67. The minimum Gasteiger partial charge on any atom is -0.328 e. The van der Waals surface area contributed by atoms with Crippen LogP contribution in [0.15, 0.2) is 18.2 Å². The predicted octanol–water partition coefficient (Wildman–Crippen LogP) is 3.36. The molecule has 1 nitrogen and oxygen atoms in total. The molecule has 84 valence electrons. The molecule has 0 saturated carbocycles. The summed E-state index contributed by atoms with van der Waals surface area (Å²) in [4.78, 5) is 0. The Morgan fingerprint density at radius 2 is 1.73 bits per heavy atom. The second kappa shape index (κ2) is 5.92. The van der Waals surface area contributed by atoms with Crippen LogP contribution in [0.4, 0.5) is 0 Å². The van der Waals surface area contributed by atoms with Crippen LogP contribution in [0, 0.1) is 13.8 Å². The molecule has 2 N–H and O–H groups in total. The van der Waals surface area contributed by atoms with E-state index in [0.717, 1.165) is 19.3 Å². The van der Waals surface area contributed by atoms with E-state index in [-0.39, 0.29) is 0 Å². The van der Waals surface area contributed by atoms with Crippen LogP contribution in [-0.2, 0) is 6.42 Å². The highest BCUT2D eigenvalue weighted by Crippen LogP contribution is 2.16. The number of hydrogen-bond acceptors (Lipinski definition) is 1. The Balaban J connectivity index is 2.57. The zero-order valence-corrected chi connectivity index (χ0v) is 10.2. The molecule has 1 atom stereocenters. The Morgan fingerprint density at radius 1 is 1.13 bits per heavy atom. The first-order valence-corrected chi connectivity index (χ1v) is 5.95. The predicted molar refractivity (Wildman–Crippen MR) is 67.1 cm³/mol. The van der Waals surface area contributed by atoms with Crippen molar-refractivity contribution in [2.24, 2.45) is 5.73 Å². The first kappa shape index (κ1) is 12.3. The number of benzene rings is 1. The Bertz CT molecular complexity index is 284. The lowest BCUT2D eigenvalue weighted by Gasteiger charge is -2.13. The van der Waals surface area contributed by atoms with Crippen LogP contribution in [0.3, 0.4) is 0 Å². The molecule has 1 rings (SSSR count). The Kier molecular flexibility index (Phi) is 4.83. The molecule has 0 aliphatic heterocycles. The van der Waals surface area contributed by atoms with E-state index in [1.54, 1.807) is 0 Å². The number of aryl methyl sites for hydroxylation is 2. The Labute approximate surface area is 93.7 Å². The van der Waals surface area contributed by atoms with Crippen LogP contribution in [0.2, 0.25) is 0 Å². The highest BCUT2D eigenvalue weighted by molar-refractivity contribution is 5.33. The average Bonchev–Trinajstić information content (AvgIpc) is 2.17. The summed E-state index contributed by atoms with van der Waals surface area (Å²) >= 11 is 0. The third-order valence-electron chi connectivity index (χ3n) is 3.07. The molecule has 0 aliphatic carbocycles. The SMILES string of the molecule is CCCC(N)CCc1c(C)cccc1C. The van der Waals surface area contributed by atoms with Gasteiger partial charge >= 0.3 is 0 Å². The van der Waals surface area contributed by atoms with Crippen LogP contribution in [0.25, 0.3) is 0 Å². The second-order valence-electron chi connectivity index (χ2n) is 4.46. The molecule has 0 saturated heterocycles. The van der Waals surface area contributed by atoms with Gasteiger partial charge in [0.2, 0.25) is 0 Å². The van der Waals surface area contributed by atoms with Gasteiger partial charge in [-0.2, -0.15) is 0 Å². The summed E-state index contributed by atoms with van der Waals surface area (Å²) in [6.45, 7) is 6.57. The van der Waals surface area contributed by atoms with Crippen molar-refractivity contribution < 1.29 is 0 Å². The van der Waals surface area contributed by atoms with Gasteiger partial charge in [-0.05, 0) is 49.8 Å². The molecule has 0 aromatic heterocycles. The van der Waals surface area contributed by atoms with E-state index >= 15 is 0 Å². The molecule has 0 amide bonds. The van der Waals surface area contributed by atoms with E-state index in [4.69, 9.17) is 5.73 Å². The summed E-state index contributed by atoms with van der Waals surface area (Å²) in [6, 6.07) is 6.87. The maximum Gasteiger partial charge on any atom is 0.00418 e. The molecule has 0 heterocycles. The van der Waals surface area contributed by atoms with E-state index in [0.29, 0.717) is 6.04 Å². The van der Waals surface area contributed by atoms with E-state index in [1.165, 1.54) is 23.1 Å². The smallest absolute Gasteiger partial charge is 0.00418 e. The van der Waals surface area contributed by atoms with Gasteiger partial charge in [-0.3, -0.25) is 0 Å². The lowest BCUT2D eigenvalue weighted by molar-refractivity contribution is 0.560. The van der Waals surface area contributed by atoms with Crippen LogP contribution >= 0.6 is 0 Å². The van der Waals surface area contributed by atoms with Crippen LogP contribution < -0.4 is 5.73 Å². The van der Waals surface area contributed by atoms with Crippen molar-refractivity contribution in [1.29, 1.82) is 0 Å². The van der Waals surface area contributed by atoms with Crippen molar-refractivity contribution in [3.05, 3.63) is 34.9 Å². The van der Waals surface area contributed by atoms with Gasteiger partial charge in [-0.15, -0.1) is 0 Å². The zero-order chi connectivity index (χ0) is 11.3. The molecule has 1 heteroatoms. The van der Waals surface area contributed by atoms with Gasteiger partial charge in [-0.1, -0.05) is 31.5 Å². The van der Waals surface area contributed by atoms with Crippen LogP contribution in [0.5, 0.6) is 0 Å². The van der Waals surface area contributed by atoms with Crippen molar-refractivity contribution in [2.45, 2.75) is 52.5 Å². The van der Waals surface area contributed by atoms with Gasteiger partial charge in [0.15, 0.2) is 0 Å². The largest absolute Gasteiger partial charge is 0.328 e. The summed E-state index contributed by atoms with van der Waals surface area (Å²) in [5.41, 5.74) is 10.3. The molecule has 15 heavy (non-hydrogen) atoms. The van der Waals surface area contributed by atoms with Crippen LogP contribution in [-0.4, -0.2) is 6.04 Å². The highest BCUT2D eigenvalue weighted by Gasteiger charge is 2.05. The number of nitrogens with two attached hydrogens (primary N) is 1. The highest BCUT2D eigenvalue weighted by atomic mass is 14.6. The quantitative estimate of drug-likeness (QED) is 0.783. The third-order valence-corrected chi connectivity index (χ3v) is 3.07. The lowest BCUT2D eigenvalue weighted by atomic mass is 9.96. The van der Waals surface area contributed by atoms with E-state index < -0.39 is 0 Å². The fourth-order valence-corrected chi connectivity index (χ4v) is 2.09. The van der Waals surface area contributed by atoms with Gasteiger partial charge in [0.1, 0.15) is 0 Å². The normalized spacial score (nSPS) is 12.8. The monoisotopic (exact) mass is 205 g/mol. The minimum absolute atomic E-state index is 0.369. The zero-order valence-electron chi connectivity index (χ0n) is 10.2. The van der Waals surface area contributed by atoms with Crippen molar-refractivity contribution in [3.8, 4) is 0 Å². The van der Waals surface area contributed by atoms with Gasteiger partial charge in [-0.25, -0.2) is 0 Å². The summed E-state index contributed by atoms with van der Waals surface area (Å²) in [6.07, 6.45) is 4.57. The molecule has 0 radical (unpaired) electrons. The van der Waals surface area contributed by atoms with Gasteiger partial charge < -0.3 is 5.73 Å². The van der Waals surface area contributed by atoms with Crippen LogP contribution in [0.1, 0.15) is 42.9 Å². The maximum atomic E-state index is 6.03. The minimum atomic E-state index is 0.369. The molecule has 0 fully saturated rings. The topological polar surface area (TPSA) is 26.0 Å². The van der Waals surface area contributed by atoms with E-state index in [9.17, 15) is 0 Å². The fourth-order valence-electron chi connectivity index (χ4n) is 2.09. The number of hydrogen-bond donors (Lipinski definition) is 1. The standard InChI is InChI=1S/C14H23N/c1-4-6-13(15)9-10-14-11(2)7-5-8-12(14)3/h5,7-8,13H,4,6,9-10,15H2,1-3H3. The molecule has 0 spiro atoms. The van der Waals surface area contributed by atoms with E-state index in [2.05, 4.69) is 39.0 Å². The Hall–Kier alpha value is -0.820. The summed E-state index contributed by atoms with van der Waals surface area (Å²) < 4.78 is 0. The van der Waals surface area contributed by atoms with Crippen molar-refractivity contribution in [2.75, 3.05) is 0 Å². The van der Waals surface area contributed by atoms with Crippen molar-refractivity contribution >= 4 is 0 Å². The molecule has 0 aliphatic rings. The maximum absolute atomic E-state index is 6.03. The van der Waals surface area contributed by atoms with Crippen molar-refractivity contribution in [1.82, 2.24) is 0 Å². The summed E-state index contributed by atoms with van der Waals surface area (Å²) in [7, 11) is 0. The molecule has 1 aromatic rings. The molecular formula is C14H23N. The number of rotatable bonds is 5. The average molecular weight is 205 g/mol. The first-order valence-electron chi connectivity index (χ1n) is 5.95. The van der Waals surface area contributed by atoms with Gasteiger partial charge in [0.25, 0.3) is 0 Å². The van der Waals surface area contributed by atoms with Crippen molar-refractivity contribution in [3.63, 3.8) is 0 Å². The van der Waals surface area contributed by atoms with Gasteiger partial charge in [0.05, 0.1) is 0 Å². The first-order chi connectivity index (χ1) is 7.15. The summed E-state index contributed by atoms with van der Waals surface area (Å²) in [5, 5.41) is 0. The lowest BCUT2D eigenvalue weighted by Crippen LogP contribution is -2.20. The fraction of sp³-hybridized carbons (Fsp3) is 0.571. The summed E-state index contributed by atoms with van der Waals surface area (Å²) in [5.74, 6) is 0. The molecule has 1 aromatic carbocycles. The second-order valence-corrected chi connectivity index (χ2v) is 4.46. The van der Waals surface area contributed by atoms with E-state index in [1.807, 2.05) is 0 Å². The Morgan fingerprint density at radius 3 is 2.27 bits per heavy atom. The molecule has 0 bridgehead atoms. The van der Waals surface area contributed by atoms with Gasteiger partial charge in [0, 0.05) is 6.04 Å². The molecule has 1 unspecified atom stereocenters. The molecular weight excluding hydrogens is 182 g/mol.